The molecule has 0 radical (unpaired) electrons. The zero-order valence-corrected chi connectivity index (χ0v) is 13.6. The lowest BCUT2D eigenvalue weighted by Crippen LogP contribution is -2.23. The van der Waals surface area contributed by atoms with Crippen LogP contribution in [0.25, 0.3) is 0 Å². The first-order chi connectivity index (χ1) is 8.35. The highest BCUT2D eigenvalue weighted by molar-refractivity contribution is 8.51. The van der Waals surface area contributed by atoms with E-state index in [-0.39, 0.29) is 5.97 Å². The number of carbonyl (C=O) groups is 1. The lowest BCUT2D eigenvalue weighted by atomic mass is 10.2. The molecule has 18 heavy (non-hydrogen) atoms. The standard InChI is InChI=1S/C12H25O4PS/c1-12(2,3)16-11(13)8-6-5-7-9-17(14)18-10-15-4/h17H,5-10H2,1-4H3. The van der Waals surface area contributed by atoms with Gasteiger partial charge in [-0.05, 0) is 33.6 Å². The highest BCUT2D eigenvalue weighted by Crippen LogP contribution is 2.38. The van der Waals surface area contributed by atoms with E-state index >= 15 is 0 Å². The van der Waals surface area contributed by atoms with E-state index in [0.717, 1.165) is 25.4 Å². The summed E-state index contributed by atoms with van der Waals surface area (Å²) in [5.41, 5.74) is -0.404. The van der Waals surface area contributed by atoms with Gasteiger partial charge in [0.25, 0.3) is 0 Å². The van der Waals surface area contributed by atoms with Crippen molar-refractivity contribution >= 4 is 24.4 Å². The van der Waals surface area contributed by atoms with Crippen molar-refractivity contribution in [3.8, 4) is 0 Å². The van der Waals surface area contributed by atoms with Crippen molar-refractivity contribution in [1.82, 2.24) is 0 Å². The van der Waals surface area contributed by atoms with Crippen molar-refractivity contribution in [2.45, 2.75) is 52.1 Å². The Morgan fingerprint density at radius 2 is 1.89 bits per heavy atom. The molecule has 0 spiro atoms. The number of carbonyl (C=O) groups excluding carboxylic acids is 1. The van der Waals surface area contributed by atoms with Gasteiger partial charge in [0.2, 0.25) is 0 Å². The third-order valence-electron chi connectivity index (χ3n) is 2.02. The monoisotopic (exact) mass is 296 g/mol. The molecule has 0 amide bonds. The minimum absolute atomic E-state index is 0.149. The minimum atomic E-state index is -1.56. The van der Waals surface area contributed by atoms with E-state index in [0.29, 0.717) is 12.4 Å². The van der Waals surface area contributed by atoms with Crippen LogP contribution in [-0.4, -0.2) is 30.8 Å². The maximum absolute atomic E-state index is 11.5. The molecule has 0 heterocycles. The first-order valence-corrected chi connectivity index (χ1v) is 9.54. The van der Waals surface area contributed by atoms with Crippen LogP contribution in [0.2, 0.25) is 0 Å². The maximum Gasteiger partial charge on any atom is 0.306 e. The van der Waals surface area contributed by atoms with E-state index in [1.807, 2.05) is 20.8 Å². The largest absolute Gasteiger partial charge is 0.460 e. The first kappa shape index (κ1) is 18.0. The van der Waals surface area contributed by atoms with Gasteiger partial charge >= 0.3 is 5.97 Å². The molecule has 0 aliphatic carbocycles. The fourth-order valence-electron chi connectivity index (χ4n) is 1.30. The van der Waals surface area contributed by atoms with Crippen LogP contribution in [0.5, 0.6) is 0 Å². The van der Waals surface area contributed by atoms with Gasteiger partial charge in [-0.25, -0.2) is 0 Å². The second-order valence-electron chi connectivity index (χ2n) is 5.07. The van der Waals surface area contributed by atoms with Gasteiger partial charge < -0.3 is 14.0 Å². The summed E-state index contributed by atoms with van der Waals surface area (Å²) in [5, 5.41) is 0. The highest BCUT2D eigenvalue weighted by Gasteiger charge is 2.15. The van der Waals surface area contributed by atoms with Gasteiger partial charge in [-0.15, -0.1) is 0 Å². The number of methoxy groups -OCH3 is 1. The normalized spacial score (nSPS) is 13.3. The Bertz CT molecular complexity index is 263. The molecule has 0 rings (SSSR count). The number of hydrogen-bond acceptors (Lipinski definition) is 5. The van der Waals surface area contributed by atoms with E-state index in [2.05, 4.69) is 0 Å². The summed E-state index contributed by atoms with van der Waals surface area (Å²) in [7, 11) is 0.0445. The molecule has 4 nitrogen and oxygen atoms in total. The first-order valence-electron chi connectivity index (χ1n) is 6.21. The minimum Gasteiger partial charge on any atom is -0.460 e. The second kappa shape index (κ2) is 9.88. The third kappa shape index (κ3) is 12.5. The van der Waals surface area contributed by atoms with Crippen LogP contribution in [0.3, 0.4) is 0 Å². The number of unbranched alkanes of at least 4 members (excludes halogenated alkanes) is 2. The van der Waals surface area contributed by atoms with Crippen LogP contribution in [-0.2, 0) is 18.8 Å². The molecule has 0 aliphatic heterocycles. The van der Waals surface area contributed by atoms with Crippen molar-refractivity contribution in [2.75, 3.05) is 19.2 Å². The molecule has 0 aromatic heterocycles. The molecule has 0 aromatic carbocycles. The lowest BCUT2D eigenvalue weighted by molar-refractivity contribution is -0.154. The summed E-state index contributed by atoms with van der Waals surface area (Å²) in [6.07, 6.45) is 3.80. The maximum atomic E-state index is 11.5. The SMILES string of the molecule is COCS[PH](=O)CCCCCC(=O)OC(C)(C)C. The van der Waals surface area contributed by atoms with E-state index in [9.17, 15) is 9.36 Å². The average Bonchev–Trinajstić information content (AvgIpc) is 2.23. The Morgan fingerprint density at radius 3 is 2.44 bits per heavy atom. The molecule has 0 N–H and O–H groups in total. The molecular formula is C12H25O4PS. The van der Waals surface area contributed by atoms with Crippen molar-refractivity contribution in [3.05, 3.63) is 0 Å². The average molecular weight is 296 g/mol. The van der Waals surface area contributed by atoms with Crippen molar-refractivity contribution in [2.24, 2.45) is 0 Å². The predicted molar refractivity (Wildman–Crippen MR) is 77.6 cm³/mol. The molecule has 1 unspecified atom stereocenters. The molecule has 0 fully saturated rings. The van der Waals surface area contributed by atoms with Crippen LogP contribution in [0, 0.1) is 0 Å². The Balaban J connectivity index is 3.45. The number of rotatable bonds is 9. The van der Waals surface area contributed by atoms with E-state index < -0.39 is 12.6 Å². The zero-order valence-electron chi connectivity index (χ0n) is 11.8. The smallest absolute Gasteiger partial charge is 0.306 e. The topological polar surface area (TPSA) is 52.6 Å². The third-order valence-corrected chi connectivity index (χ3v) is 5.39. The lowest BCUT2D eigenvalue weighted by Gasteiger charge is -2.19. The molecule has 108 valence electrons. The summed E-state index contributed by atoms with van der Waals surface area (Å²) in [5.74, 6) is 0.347. The summed E-state index contributed by atoms with van der Waals surface area (Å²) in [4.78, 5) is 11.4. The van der Waals surface area contributed by atoms with Gasteiger partial charge in [-0.3, -0.25) is 4.79 Å². The van der Waals surface area contributed by atoms with Crippen LogP contribution in [0.15, 0.2) is 0 Å². The van der Waals surface area contributed by atoms with Crippen molar-refractivity contribution in [3.63, 3.8) is 0 Å². The number of ether oxygens (including phenoxy) is 2. The number of hydrogen-bond donors (Lipinski definition) is 0. The molecule has 6 heteroatoms. The fraction of sp³-hybridized carbons (Fsp3) is 0.917. The second-order valence-corrected chi connectivity index (χ2v) is 9.07. The van der Waals surface area contributed by atoms with Gasteiger partial charge in [0.05, 0.1) is 5.94 Å². The van der Waals surface area contributed by atoms with Crippen LogP contribution < -0.4 is 0 Å². The molecule has 0 aromatic rings. The molecule has 0 saturated carbocycles. The van der Waals surface area contributed by atoms with E-state index in [1.54, 1.807) is 7.11 Å². The van der Waals surface area contributed by atoms with Gasteiger partial charge in [0.15, 0.2) is 0 Å². The predicted octanol–water partition coefficient (Wildman–Crippen LogP) is 3.70. The molecular weight excluding hydrogens is 271 g/mol. The Labute approximate surface area is 115 Å². The molecule has 1 atom stereocenters. The highest BCUT2D eigenvalue weighted by atomic mass is 32.7. The van der Waals surface area contributed by atoms with Crippen LogP contribution in [0.1, 0.15) is 46.5 Å². The fourth-order valence-corrected chi connectivity index (χ4v) is 3.85. The van der Waals surface area contributed by atoms with Gasteiger partial charge in [-0.1, -0.05) is 17.8 Å². The van der Waals surface area contributed by atoms with E-state index in [4.69, 9.17) is 9.47 Å². The van der Waals surface area contributed by atoms with Crippen LogP contribution in [0.4, 0.5) is 0 Å². The summed E-state index contributed by atoms with van der Waals surface area (Å²) in [6.45, 7) is 5.60. The summed E-state index contributed by atoms with van der Waals surface area (Å²) < 4.78 is 21.5. The van der Waals surface area contributed by atoms with Crippen molar-refractivity contribution < 1.29 is 18.8 Å². The Morgan fingerprint density at radius 1 is 1.22 bits per heavy atom. The van der Waals surface area contributed by atoms with E-state index in [1.165, 1.54) is 11.4 Å². The molecule has 0 bridgehead atoms. The Kier molecular flexibility index (Phi) is 9.88. The van der Waals surface area contributed by atoms with Gasteiger partial charge in [0, 0.05) is 19.7 Å². The van der Waals surface area contributed by atoms with Crippen LogP contribution >= 0.6 is 18.4 Å². The van der Waals surface area contributed by atoms with Gasteiger partial charge in [0.1, 0.15) is 12.6 Å². The molecule has 0 saturated heterocycles. The summed E-state index contributed by atoms with van der Waals surface area (Å²) in [6, 6.07) is 0. The van der Waals surface area contributed by atoms with Crippen molar-refractivity contribution in [1.29, 1.82) is 0 Å². The van der Waals surface area contributed by atoms with Gasteiger partial charge in [-0.2, -0.15) is 0 Å². The quantitative estimate of drug-likeness (QED) is 0.281. The zero-order chi connectivity index (χ0) is 14.0. The number of esters is 1. The molecule has 0 aliphatic rings. The Hall–Kier alpha value is 0.0100. The summed E-state index contributed by atoms with van der Waals surface area (Å²) >= 11 is 1.38.